The maximum Gasteiger partial charge on any atom is 0.0543 e. The van der Waals surface area contributed by atoms with Crippen molar-refractivity contribution < 1.29 is 0 Å². The largest absolute Gasteiger partial charge is 0.297 e. The molecule has 0 saturated carbocycles. The van der Waals surface area contributed by atoms with E-state index < -0.39 is 0 Å². The van der Waals surface area contributed by atoms with Crippen LogP contribution >= 0.6 is 0 Å². The van der Waals surface area contributed by atoms with Crippen molar-refractivity contribution in [1.29, 1.82) is 0 Å². The van der Waals surface area contributed by atoms with Gasteiger partial charge >= 0.3 is 0 Å². The molecule has 160 valence electrons. The van der Waals surface area contributed by atoms with Crippen LogP contribution < -0.4 is 0 Å². The molecular formula is C27H32N4. The fraction of sp³-hybridized carbons (Fsp3) is 0.333. The number of aromatic nitrogens is 2. The van der Waals surface area contributed by atoms with E-state index in [-0.39, 0.29) is 0 Å². The molecule has 2 aromatic heterocycles. The van der Waals surface area contributed by atoms with Crippen LogP contribution in [0.3, 0.4) is 0 Å². The molecule has 4 rings (SSSR count). The van der Waals surface area contributed by atoms with E-state index in [0.29, 0.717) is 11.8 Å². The van der Waals surface area contributed by atoms with Crippen molar-refractivity contribution in [2.75, 3.05) is 26.2 Å². The van der Waals surface area contributed by atoms with Gasteiger partial charge in [0.2, 0.25) is 0 Å². The van der Waals surface area contributed by atoms with Crippen molar-refractivity contribution in [1.82, 2.24) is 19.8 Å². The Labute approximate surface area is 186 Å². The first-order valence-electron chi connectivity index (χ1n) is 11.3. The molecule has 0 amide bonds. The van der Waals surface area contributed by atoms with Crippen LogP contribution in [0.15, 0.2) is 97.4 Å². The van der Waals surface area contributed by atoms with Crippen molar-refractivity contribution in [3.05, 3.63) is 109 Å². The molecule has 0 spiro atoms. The van der Waals surface area contributed by atoms with Crippen LogP contribution in [0, 0.1) is 11.8 Å². The van der Waals surface area contributed by atoms with Gasteiger partial charge in [-0.15, -0.1) is 0 Å². The first-order chi connectivity index (χ1) is 15.3. The van der Waals surface area contributed by atoms with Gasteiger partial charge in [0.25, 0.3) is 0 Å². The van der Waals surface area contributed by atoms with Crippen molar-refractivity contribution >= 4 is 0 Å². The van der Waals surface area contributed by atoms with Crippen LogP contribution in [0.4, 0.5) is 0 Å². The summed E-state index contributed by atoms with van der Waals surface area (Å²) in [5.74, 6) is 1.00. The highest BCUT2D eigenvalue weighted by Gasteiger charge is 2.16. The van der Waals surface area contributed by atoms with Gasteiger partial charge < -0.3 is 0 Å². The lowest BCUT2D eigenvalue weighted by Gasteiger charge is -2.27. The van der Waals surface area contributed by atoms with Gasteiger partial charge in [0.05, 0.1) is 11.4 Å². The van der Waals surface area contributed by atoms with E-state index in [2.05, 4.69) is 92.6 Å². The lowest BCUT2D eigenvalue weighted by molar-refractivity contribution is 0.204. The molecule has 0 bridgehead atoms. The van der Waals surface area contributed by atoms with Crippen molar-refractivity contribution in [2.45, 2.75) is 19.5 Å². The molecule has 4 nitrogen and oxygen atoms in total. The quantitative estimate of drug-likeness (QED) is 0.508. The Hall–Kier alpha value is -2.82. The number of allylic oxidation sites excluding steroid dienone is 4. The zero-order chi connectivity index (χ0) is 21.1. The number of hydrogen-bond donors (Lipinski definition) is 0. The molecule has 0 aromatic carbocycles. The van der Waals surface area contributed by atoms with Gasteiger partial charge in [-0.05, 0) is 43.8 Å². The summed E-state index contributed by atoms with van der Waals surface area (Å²) in [6.45, 7) is 5.99. The third-order valence-electron chi connectivity index (χ3n) is 5.77. The third kappa shape index (κ3) is 7.12. The summed E-state index contributed by atoms with van der Waals surface area (Å²) in [5.41, 5.74) is 2.28. The summed E-state index contributed by atoms with van der Waals surface area (Å²) in [6, 6.07) is 12.4. The maximum atomic E-state index is 4.55. The van der Waals surface area contributed by atoms with Gasteiger partial charge in [0, 0.05) is 50.4 Å². The number of pyridine rings is 2. The highest BCUT2D eigenvalue weighted by atomic mass is 15.2. The van der Waals surface area contributed by atoms with E-state index in [1.165, 1.54) is 0 Å². The molecule has 0 N–H and O–H groups in total. The van der Waals surface area contributed by atoms with Crippen LogP contribution in [0.2, 0.25) is 0 Å². The van der Waals surface area contributed by atoms with Gasteiger partial charge in [-0.2, -0.15) is 0 Å². The summed E-state index contributed by atoms with van der Waals surface area (Å²) in [4.78, 5) is 14.2. The molecule has 31 heavy (non-hydrogen) atoms. The summed E-state index contributed by atoms with van der Waals surface area (Å²) < 4.78 is 0. The lowest BCUT2D eigenvalue weighted by atomic mass is 10.1. The molecule has 2 aromatic rings. The van der Waals surface area contributed by atoms with Crippen LogP contribution in [0.5, 0.6) is 0 Å². The smallest absolute Gasteiger partial charge is 0.0543 e. The Balaban J connectivity index is 1.34. The first kappa shape index (κ1) is 21.4. The van der Waals surface area contributed by atoms with Crippen molar-refractivity contribution in [3.8, 4) is 0 Å². The average Bonchev–Trinajstić information content (AvgIpc) is 3.49. The Morgan fingerprint density at radius 1 is 0.613 bits per heavy atom. The molecule has 0 saturated heterocycles. The third-order valence-corrected chi connectivity index (χ3v) is 5.77. The van der Waals surface area contributed by atoms with Crippen LogP contribution in [0.1, 0.15) is 17.8 Å². The van der Waals surface area contributed by atoms with Crippen molar-refractivity contribution in [3.63, 3.8) is 0 Å². The first-order valence-corrected chi connectivity index (χ1v) is 11.3. The van der Waals surface area contributed by atoms with Gasteiger partial charge in [0.1, 0.15) is 0 Å². The minimum Gasteiger partial charge on any atom is -0.297 e. The topological polar surface area (TPSA) is 32.3 Å². The van der Waals surface area contributed by atoms with E-state index in [9.17, 15) is 0 Å². The number of rotatable bonds is 12. The Kier molecular flexibility index (Phi) is 7.97. The fourth-order valence-corrected chi connectivity index (χ4v) is 4.22. The summed E-state index contributed by atoms with van der Waals surface area (Å²) in [7, 11) is 0. The highest BCUT2D eigenvalue weighted by molar-refractivity contribution is 5.19. The van der Waals surface area contributed by atoms with E-state index in [1.54, 1.807) is 0 Å². The van der Waals surface area contributed by atoms with E-state index >= 15 is 0 Å². The van der Waals surface area contributed by atoms with Gasteiger partial charge in [0.15, 0.2) is 0 Å². The van der Waals surface area contributed by atoms with E-state index in [0.717, 1.165) is 57.1 Å². The molecule has 0 unspecified atom stereocenters. The summed E-state index contributed by atoms with van der Waals surface area (Å²) in [6.07, 6.45) is 22.7. The van der Waals surface area contributed by atoms with E-state index in [4.69, 9.17) is 0 Å². The Morgan fingerprint density at radius 3 is 1.45 bits per heavy atom. The SMILES string of the molecule is C1=CC(CN(CCCN(Cc2ccccn2)CC2C=CC=C2)Cc2ccccn2)C=C1. The predicted octanol–water partition coefficient (Wildman–Crippen LogP) is 4.66. The van der Waals surface area contributed by atoms with Crippen LogP contribution in [-0.4, -0.2) is 45.9 Å². The Morgan fingerprint density at radius 2 is 1.06 bits per heavy atom. The molecule has 0 fully saturated rings. The standard InChI is InChI=1S/C27H32N4/c1-2-11-24(10-1)20-30(22-26-14-5-7-16-28-26)18-9-19-31(21-25-12-3-4-13-25)23-27-15-6-8-17-29-27/h1-8,10-17,24-25H,9,18-23H2. The zero-order valence-electron chi connectivity index (χ0n) is 18.1. The zero-order valence-corrected chi connectivity index (χ0v) is 18.1. The molecule has 0 aliphatic heterocycles. The van der Waals surface area contributed by atoms with Crippen LogP contribution in [-0.2, 0) is 13.1 Å². The molecule has 2 aliphatic carbocycles. The molecule has 0 radical (unpaired) electrons. The molecule has 0 atom stereocenters. The second kappa shape index (κ2) is 11.5. The molecule has 2 heterocycles. The molecule has 2 aliphatic rings. The second-order valence-corrected chi connectivity index (χ2v) is 8.33. The average molecular weight is 413 g/mol. The van der Waals surface area contributed by atoms with E-state index in [1.807, 2.05) is 24.5 Å². The Bertz CT molecular complexity index is 802. The predicted molar refractivity (Wildman–Crippen MR) is 127 cm³/mol. The molecule has 4 heteroatoms. The second-order valence-electron chi connectivity index (χ2n) is 8.33. The molecular weight excluding hydrogens is 380 g/mol. The van der Waals surface area contributed by atoms with Crippen LogP contribution in [0.25, 0.3) is 0 Å². The van der Waals surface area contributed by atoms with Crippen molar-refractivity contribution in [2.24, 2.45) is 11.8 Å². The van der Waals surface area contributed by atoms with Gasteiger partial charge in [-0.1, -0.05) is 60.7 Å². The minimum absolute atomic E-state index is 0.502. The normalized spacial score (nSPS) is 15.8. The number of nitrogens with zero attached hydrogens (tertiary/aromatic N) is 4. The monoisotopic (exact) mass is 412 g/mol. The number of hydrogen-bond acceptors (Lipinski definition) is 4. The van der Waals surface area contributed by atoms with Gasteiger partial charge in [-0.25, -0.2) is 0 Å². The van der Waals surface area contributed by atoms with Gasteiger partial charge in [-0.3, -0.25) is 19.8 Å². The highest BCUT2D eigenvalue weighted by Crippen LogP contribution is 2.16. The summed E-state index contributed by atoms with van der Waals surface area (Å²) >= 11 is 0. The maximum absolute atomic E-state index is 4.55. The fourth-order valence-electron chi connectivity index (χ4n) is 4.22. The minimum atomic E-state index is 0.502. The lowest BCUT2D eigenvalue weighted by Crippen LogP contribution is -2.34. The summed E-state index contributed by atoms with van der Waals surface area (Å²) in [5, 5.41) is 0.